The Hall–Kier alpha value is -4.95. The standard InChI is InChI=1S/C14H17NO6.C7H6FNO2.C7H12O4/c1-4-20-13(16)12(14(17)21-5-2)10-6-7-11(15(18)19)9(3)8-10;1-5-4-6(8)2-3-7(5)9(10)11;1-3-10-6(8)5-7(9)11-4-2/h6-8,12H,4-5H2,1-3H3;2-4H,1H3;3-5H2,1-2H3. The second-order valence-corrected chi connectivity index (χ2v) is 8.21. The molecule has 2 aromatic rings. The summed E-state index contributed by atoms with van der Waals surface area (Å²) in [6.07, 6.45) is -0.290. The summed E-state index contributed by atoms with van der Waals surface area (Å²) >= 11 is 0. The summed E-state index contributed by atoms with van der Waals surface area (Å²) in [5.41, 5.74) is 0.887. The number of nitro groups is 2. The van der Waals surface area contributed by atoms with Crippen LogP contribution >= 0.6 is 0 Å². The van der Waals surface area contributed by atoms with Crippen molar-refractivity contribution in [2.45, 2.75) is 53.9 Å². The molecule has 0 bridgehead atoms. The zero-order valence-electron chi connectivity index (χ0n) is 24.7. The van der Waals surface area contributed by atoms with Crippen LogP contribution in [0, 0.1) is 39.9 Å². The predicted molar refractivity (Wildman–Crippen MR) is 150 cm³/mol. The number of carbonyl (C=O) groups excluding carboxylic acids is 4. The van der Waals surface area contributed by atoms with E-state index in [-0.39, 0.29) is 44.2 Å². The lowest BCUT2D eigenvalue weighted by Crippen LogP contribution is -2.26. The van der Waals surface area contributed by atoms with Crippen LogP contribution in [-0.2, 0) is 38.1 Å². The van der Waals surface area contributed by atoms with Gasteiger partial charge in [0.2, 0.25) is 0 Å². The molecule has 0 saturated carbocycles. The highest BCUT2D eigenvalue weighted by molar-refractivity contribution is 6.01. The van der Waals surface area contributed by atoms with Crippen LogP contribution in [0.3, 0.4) is 0 Å². The lowest BCUT2D eigenvalue weighted by atomic mass is 9.97. The zero-order chi connectivity index (χ0) is 33.1. The first-order valence-corrected chi connectivity index (χ1v) is 13.0. The van der Waals surface area contributed by atoms with Crippen molar-refractivity contribution in [2.75, 3.05) is 26.4 Å². The molecule has 0 aliphatic carbocycles. The van der Waals surface area contributed by atoms with Crippen LogP contribution < -0.4 is 0 Å². The highest BCUT2D eigenvalue weighted by atomic mass is 19.1. The quantitative estimate of drug-likeness (QED) is 0.113. The predicted octanol–water partition coefficient (Wildman–Crippen LogP) is 4.66. The Morgan fingerprint density at radius 2 is 1.09 bits per heavy atom. The monoisotopic (exact) mass is 610 g/mol. The largest absolute Gasteiger partial charge is 0.466 e. The Labute approximate surface area is 247 Å². The number of halogens is 1. The number of esters is 4. The van der Waals surface area contributed by atoms with Gasteiger partial charge in [0.25, 0.3) is 11.4 Å². The smallest absolute Gasteiger partial charge is 0.324 e. The maximum Gasteiger partial charge on any atom is 0.324 e. The molecule has 0 amide bonds. The summed E-state index contributed by atoms with van der Waals surface area (Å²) in [6.45, 7) is 10.5. The fraction of sp³-hybridized carbons (Fsp3) is 0.429. The second kappa shape index (κ2) is 20.0. The van der Waals surface area contributed by atoms with E-state index in [1.54, 1.807) is 27.7 Å². The summed E-state index contributed by atoms with van der Waals surface area (Å²) in [7, 11) is 0. The fourth-order valence-electron chi connectivity index (χ4n) is 3.25. The van der Waals surface area contributed by atoms with E-state index >= 15 is 0 Å². The Morgan fingerprint density at radius 1 is 0.698 bits per heavy atom. The topological polar surface area (TPSA) is 191 Å². The number of hydrogen-bond acceptors (Lipinski definition) is 12. The van der Waals surface area contributed by atoms with Crippen LogP contribution in [0.5, 0.6) is 0 Å². The van der Waals surface area contributed by atoms with Crippen molar-refractivity contribution in [3.63, 3.8) is 0 Å². The van der Waals surface area contributed by atoms with E-state index < -0.39 is 45.5 Å². The zero-order valence-corrected chi connectivity index (χ0v) is 24.7. The lowest BCUT2D eigenvalue weighted by Gasteiger charge is -2.15. The molecule has 0 atom stereocenters. The third kappa shape index (κ3) is 14.0. The van der Waals surface area contributed by atoms with E-state index in [1.807, 2.05) is 0 Å². The molecule has 0 aromatic heterocycles. The van der Waals surface area contributed by atoms with Crippen LogP contribution in [0.4, 0.5) is 15.8 Å². The van der Waals surface area contributed by atoms with Gasteiger partial charge in [0.15, 0.2) is 5.92 Å². The molecule has 0 aliphatic rings. The number of ether oxygens (including phenoxy) is 4. The first kappa shape index (κ1) is 38.0. The normalized spacial score (nSPS) is 9.77. The molecule has 0 saturated heterocycles. The van der Waals surface area contributed by atoms with E-state index in [9.17, 15) is 43.8 Å². The lowest BCUT2D eigenvalue weighted by molar-refractivity contribution is -0.385. The van der Waals surface area contributed by atoms with Gasteiger partial charge in [-0.2, -0.15) is 0 Å². The summed E-state index contributed by atoms with van der Waals surface area (Å²) in [4.78, 5) is 65.0. The number of carbonyl (C=O) groups is 4. The molecule has 0 unspecified atom stereocenters. The minimum absolute atomic E-state index is 0.0496. The molecule has 2 rings (SSSR count). The average Bonchev–Trinajstić information content (AvgIpc) is 2.89. The number of nitro benzene ring substituents is 2. The van der Waals surface area contributed by atoms with Crippen LogP contribution in [0.25, 0.3) is 0 Å². The SMILES string of the molecule is CCOC(=O)C(C(=O)OCC)c1ccc([N+](=O)[O-])c(C)c1.CCOC(=O)CC(=O)OCC.Cc1cc(F)ccc1[N+](=O)[O-]. The van der Waals surface area contributed by atoms with Crippen molar-refractivity contribution >= 4 is 35.3 Å². The van der Waals surface area contributed by atoms with Gasteiger partial charge in [-0.3, -0.25) is 39.4 Å². The van der Waals surface area contributed by atoms with Gasteiger partial charge in [0.05, 0.1) is 36.3 Å². The van der Waals surface area contributed by atoms with Crippen molar-refractivity contribution in [1.29, 1.82) is 0 Å². The van der Waals surface area contributed by atoms with Gasteiger partial charge < -0.3 is 18.9 Å². The van der Waals surface area contributed by atoms with E-state index in [1.165, 1.54) is 32.0 Å². The third-order valence-electron chi connectivity index (χ3n) is 5.05. The van der Waals surface area contributed by atoms with Crippen molar-refractivity contribution in [2.24, 2.45) is 0 Å². The number of rotatable bonds is 11. The Balaban J connectivity index is 0.000000677. The van der Waals surface area contributed by atoms with E-state index in [4.69, 9.17) is 9.47 Å². The summed E-state index contributed by atoms with van der Waals surface area (Å²) in [5, 5.41) is 21.0. The molecule has 15 heteroatoms. The molecule has 2 aromatic carbocycles. The summed E-state index contributed by atoms with van der Waals surface area (Å²) in [6, 6.07) is 7.42. The molecular formula is C28H35FN2O12. The number of aryl methyl sites for hydroxylation is 2. The number of benzene rings is 2. The molecule has 0 fully saturated rings. The van der Waals surface area contributed by atoms with Gasteiger partial charge in [-0.15, -0.1) is 0 Å². The molecule has 236 valence electrons. The van der Waals surface area contributed by atoms with Gasteiger partial charge in [-0.25, -0.2) is 4.39 Å². The molecule has 0 aliphatic heterocycles. The first-order valence-electron chi connectivity index (χ1n) is 13.0. The minimum Gasteiger partial charge on any atom is -0.466 e. The molecule has 14 nitrogen and oxygen atoms in total. The molecule has 0 heterocycles. The molecule has 43 heavy (non-hydrogen) atoms. The maximum atomic E-state index is 12.4. The maximum absolute atomic E-state index is 12.4. The molecule has 0 radical (unpaired) electrons. The van der Waals surface area contributed by atoms with Gasteiger partial charge in [0, 0.05) is 23.3 Å². The summed E-state index contributed by atoms with van der Waals surface area (Å²) < 4.78 is 31.2. The number of nitrogens with zero attached hydrogens (tertiary/aromatic N) is 2. The first-order chi connectivity index (χ1) is 20.2. The molecule has 0 spiro atoms. The highest BCUT2D eigenvalue weighted by Gasteiger charge is 2.32. The van der Waals surface area contributed by atoms with E-state index in [0.29, 0.717) is 16.7 Å². The summed E-state index contributed by atoms with van der Waals surface area (Å²) in [5.74, 6) is -4.22. The van der Waals surface area contributed by atoms with Gasteiger partial charge in [0.1, 0.15) is 12.2 Å². The molecule has 0 N–H and O–H groups in total. The minimum atomic E-state index is -1.23. The third-order valence-corrected chi connectivity index (χ3v) is 5.05. The average molecular weight is 611 g/mol. The van der Waals surface area contributed by atoms with Crippen molar-refractivity contribution < 1.29 is 52.4 Å². The molecular weight excluding hydrogens is 575 g/mol. The Kier molecular flexibility index (Phi) is 17.7. The van der Waals surface area contributed by atoms with E-state index in [0.717, 1.165) is 18.2 Å². The van der Waals surface area contributed by atoms with Crippen LogP contribution in [0.2, 0.25) is 0 Å². The highest BCUT2D eigenvalue weighted by Crippen LogP contribution is 2.26. The Bertz CT molecular complexity index is 1250. The van der Waals surface area contributed by atoms with Crippen molar-refractivity contribution in [1.82, 2.24) is 0 Å². The van der Waals surface area contributed by atoms with Crippen LogP contribution in [0.15, 0.2) is 36.4 Å². The van der Waals surface area contributed by atoms with Gasteiger partial charge in [-0.1, -0.05) is 6.07 Å². The van der Waals surface area contributed by atoms with Crippen molar-refractivity contribution in [3.8, 4) is 0 Å². The van der Waals surface area contributed by atoms with Crippen LogP contribution in [0.1, 0.15) is 56.7 Å². The van der Waals surface area contributed by atoms with E-state index in [2.05, 4.69) is 9.47 Å². The van der Waals surface area contributed by atoms with Gasteiger partial charge in [-0.05, 0) is 65.3 Å². The number of hydrogen-bond donors (Lipinski definition) is 0. The van der Waals surface area contributed by atoms with Crippen LogP contribution in [-0.4, -0.2) is 60.2 Å². The second-order valence-electron chi connectivity index (χ2n) is 8.21. The Morgan fingerprint density at radius 3 is 1.44 bits per heavy atom. The fourth-order valence-corrected chi connectivity index (χ4v) is 3.25. The van der Waals surface area contributed by atoms with Gasteiger partial charge >= 0.3 is 23.9 Å². The van der Waals surface area contributed by atoms with Crippen molar-refractivity contribution in [3.05, 3.63) is 79.1 Å².